The van der Waals surface area contributed by atoms with E-state index in [1.807, 2.05) is 24.4 Å². The number of hydrogen-bond donors (Lipinski definition) is 2. The van der Waals surface area contributed by atoms with Crippen LogP contribution < -0.4 is 4.90 Å². The molecule has 7 nitrogen and oxygen atoms in total. The van der Waals surface area contributed by atoms with Gasteiger partial charge in [-0.1, -0.05) is 29.3 Å². The van der Waals surface area contributed by atoms with E-state index in [9.17, 15) is 4.79 Å². The van der Waals surface area contributed by atoms with Gasteiger partial charge < -0.3 is 15.1 Å². The quantitative estimate of drug-likeness (QED) is 0.617. The second kappa shape index (κ2) is 11.0. The zero-order chi connectivity index (χ0) is 23.3. The molecule has 0 aliphatic carbocycles. The van der Waals surface area contributed by atoms with Crippen molar-refractivity contribution in [2.45, 2.75) is 32.2 Å². The molecule has 172 valence electrons. The van der Waals surface area contributed by atoms with Crippen LogP contribution in [-0.2, 0) is 16.1 Å². The Morgan fingerprint density at radius 3 is 2.34 bits per heavy atom. The molecule has 2 aromatic rings. The van der Waals surface area contributed by atoms with Gasteiger partial charge >= 0.3 is 5.97 Å². The Hall–Kier alpha value is -2.35. The van der Waals surface area contributed by atoms with Crippen LogP contribution in [0, 0.1) is 12.8 Å². The van der Waals surface area contributed by atoms with Gasteiger partial charge in [0.2, 0.25) is 0 Å². The molecular formula is C23H27Cl2N3O4. The van der Waals surface area contributed by atoms with Crippen molar-refractivity contribution in [3.8, 4) is 0 Å². The molecule has 0 atom stereocenters. The third-order valence-corrected chi connectivity index (χ3v) is 6.73. The number of carbonyl (C=O) groups is 2. The standard InChI is InChI=1S/C22H25Cl2N3O2.CH2O2/c1-14-9-20(17-12-27(13-17)21-18(23)3-2-4-19(21)24)25-10-16(14)11-26-7-5-15(6-8-26)22(28)29;2-1-3/h2-4,9-10,15,17H,5-8,11-13H2,1H3,(H,28,29);1H,(H,2,3). The van der Waals surface area contributed by atoms with Crippen LogP contribution in [0.2, 0.25) is 10.0 Å². The van der Waals surface area contributed by atoms with Crippen molar-refractivity contribution in [2.24, 2.45) is 5.92 Å². The van der Waals surface area contributed by atoms with Gasteiger partial charge in [0, 0.05) is 37.4 Å². The topological polar surface area (TPSA) is 94.0 Å². The van der Waals surface area contributed by atoms with Crippen LogP contribution in [0.1, 0.15) is 35.6 Å². The second-order valence-electron chi connectivity index (χ2n) is 8.20. The zero-order valence-corrected chi connectivity index (χ0v) is 19.4. The molecule has 0 amide bonds. The van der Waals surface area contributed by atoms with Crippen LogP contribution >= 0.6 is 23.2 Å². The zero-order valence-electron chi connectivity index (χ0n) is 17.9. The summed E-state index contributed by atoms with van der Waals surface area (Å²) >= 11 is 12.6. The lowest BCUT2D eigenvalue weighted by Crippen LogP contribution is -2.45. The number of piperidine rings is 1. The lowest BCUT2D eigenvalue weighted by molar-refractivity contribution is -0.143. The highest BCUT2D eigenvalue weighted by atomic mass is 35.5. The number of benzene rings is 1. The highest BCUT2D eigenvalue weighted by Crippen LogP contribution is 2.39. The number of hydrogen-bond acceptors (Lipinski definition) is 5. The van der Waals surface area contributed by atoms with Gasteiger partial charge in [0.15, 0.2) is 0 Å². The summed E-state index contributed by atoms with van der Waals surface area (Å²) in [6.45, 7) is 6.09. The minimum atomic E-state index is -0.667. The fourth-order valence-corrected chi connectivity index (χ4v) is 4.85. The summed E-state index contributed by atoms with van der Waals surface area (Å²) in [5, 5.41) is 17.4. The first-order valence-corrected chi connectivity index (χ1v) is 11.3. The molecular weight excluding hydrogens is 453 g/mol. The summed E-state index contributed by atoms with van der Waals surface area (Å²) in [5.41, 5.74) is 4.47. The van der Waals surface area contributed by atoms with Crippen LogP contribution in [0.15, 0.2) is 30.5 Å². The van der Waals surface area contributed by atoms with E-state index >= 15 is 0 Å². The SMILES string of the molecule is Cc1cc(C2CN(c3c(Cl)cccc3Cl)C2)ncc1CN1CCC(C(=O)O)CC1.O=CO. The molecule has 2 fully saturated rings. The maximum Gasteiger partial charge on any atom is 0.306 e. The minimum Gasteiger partial charge on any atom is -0.483 e. The van der Waals surface area contributed by atoms with Crippen LogP contribution in [0.5, 0.6) is 0 Å². The first kappa shape index (κ1) is 24.3. The molecule has 3 heterocycles. The first-order chi connectivity index (χ1) is 15.3. The number of anilines is 1. The number of para-hydroxylation sites is 1. The van der Waals surface area contributed by atoms with Gasteiger partial charge in [-0.05, 0) is 62.2 Å². The van der Waals surface area contributed by atoms with Crippen molar-refractivity contribution in [3.63, 3.8) is 0 Å². The van der Waals surface area contributed by atoms with E-state index < -0.39 is 5.97 Å². The fraction of sp³-hybridized carbons (Fsp3) is 0.435. The third-order valence-electron chi connectivity index (χ3n) is 6.12. The highest BCUT2D eigenvalue weighted by Gasteiger charge is 2.32. The summed E-state index contributed by atoms with van der Waals surface area (Å²) in [7, 11) is 0. The van der Waals surface area contributed by atoms with E-state index in [-0.39, 0.29) is 12.4 Å². The third kappa shape index (κ3) is 5.71. The lowest BCUT2D eigenvalue weighted by Gasteiger charge is -2.41. The average Bonchev–Trinajstić information content (AvgIpc) is 2.72. The van der Waals surface area contributed by atoms with Gasteiger partial charge in [-0.15, -0.1) is 0 Å². The Kier molecular flexibility index (Phi) is 8.34. The monoisotopic (exact) mass is 479 g/mol. The molecule has 2 N–H and O–H groups in total. The van der Waals surface area contributed by atoms with Gasteiger partial charge in [-0.3, -0.25) is 19.5 Å². The molecule has 0 bridgehead atoms. The Labute approximate surface area is 197 Å². The van der Waals surface area contributed by atoms with E-state index in [1.165, 1.54) is 11.1 Å². The number of pyridine rings is 1. The van der Waals surface area contributed by atoms with Gasteiger partial charge in [0.05, 0.1) is 21.7 Å². The van der Waals surface area contributed by atoms with Gasteiger partial charge in [0.1, 0.15) is 0 Å². The number of aromatic nitrogens is 1. The summed E-state index contributed by atoms with van der Waals surface area (Å²) in [6.07, 6.45) is 3.43. The highest BCUT2D eigenvalue weighted by molar-refractivity contribution is 6.39. The number of aliphatic carboxylic acids is 1. The van der Waals surface area contributed by atoms with Crippen molar-refractivity contribution in [3.05, 3.63) is 57.3 Å². The van der Waals surface area contributed by atoms with Crippen LogP contribution in [0.4, 0.5) is 5.69 Å². The molecule has 0 spiro atoms. The first-order valence-electron chi connectivity index (χ1n) is 10.5. The number of nitrogens with zero attached hydrogens (tertiary/aromatic N) is 3. The molecule has 32 heavy (non-hydrogen) atoms. The average molecular weight is 480 g/mol. The summed E-state index contributed by atoms with van der Waals surface area (Å²) in [4.78, 5) is 28.7. The lowest BCUT2D eigenvalue weighted by atomic mass is 9.93. The molecule has 0 unspecified atom stereocenters. The minimum absolute atomic E-state index is 0.193. The molecule has 4 rings (SSSR count). The molecule has 2 aliphatic heterocycles. The van der Waals surface area contributed by atoms with E-state index in [2.05, 4.69) is 22.8 Å². The predicted molar refractivity (Wildman–Crippen MR) is 125 cm³/mol. The molecule has 9 heteroatoms. The fourth-order valence-electron chi connectivity index (χ4n) is 4.21. The van der Waals surface area contributed by atoms with Crippen molar-refractivity contribution in [1.29, 1.82) is 0 Å². The van der Waals surface area contributed by atoms with Crippen molar-refractivity contribution in [1.82, 2.24) is 9.88 Å². The normalized spacial score (nSPS) is 17.3. The second-order valence-corrected chi connectivity index (χ2v) is 9.02. The van der Waals surface area contributed by atoms with Crippen molar-refractivity contribution in [2.75, 3.05) is 31.1 Å². The number of likely N-dealkylation sites (tertiary alicyclic amines) is 1. The number of carboxylic acids is 1. The Balaban J connectivity index is 0.000000913. The Bertz CT molecular complexity index is 938. The Morgan fingerprint density at radius 2 is 1.81 bits per heavy atom. The smallest absolute Gasteiger partial charge is 0.306 e. The summed E-state index contributed by atoms with van der Waals surface area (Å²) < 4.78 is 0. The van der Waals surface area contributed by atoms with Gasteiger partial charge in [-0.2, -0.15) is 0 Å². The van der Waals surface area contributed by atoms with Crippen molar-refractivity contribution < 1.29 is 19.8 Å². The summed E-state index contributed by atoms with van der Waals surface area (Å²) in [6, 6.07) is 7.79. The molecule has 2 aliphatic rings. The van der Waals surface area contributed by atoms with E-state index in [4.69, 9.17) is 43.2 Å². The van der Waals surface area contributed by atoms with Crippen LogP contribution in [0.3, 0.4) is 0 Å². The molecule has 1 aromatic heterocycles. The maximum atomic E-state index is 11.1. The van der Waals surface area contributed by atoms with Gasteiger partial charge in [0.25, 0.3) is 6.47 Å². The molecule has 0 saturated carbocycles. The number of aryl methyl sites for hydroxylation is 1. The van der Waals surface area contributed by atoms with Crippen molar-refractivity contribution >= 4 is 41.3 Å². The van der Waals surface area contributed by atoms with Gasteiger partial charge in [-0.25, -0.2) is 0 Å². The molecule has 2 saturated heterocycles. The Morgan fingerprint density at radius 1 is 1.22 bits per heavy atom. The van der Waals surface area contributed by atoms with E-state index in [0.717, 1.165) is 56.9 Å². The van der Waals surface area contributed by atoms with E-state index in [0.29, 0.717) is 16.0 Å². The maximum absolute atomic E-state index is 11.1. The molecule has 0 radical (unpaired) electrons. The largest absolute Gasteiger partial charge is 0.483 e. The summed E-state index contributed by atoms with van der Waals surface area (Å²) in [5.74, 6) is -0.484. The predicted octanol–water partition coefficient (Wildman–Crippen LogP) is 4.30. The number of carboxylic acid groups (broad SMARTS) is 2. The number of halogens is 2. The van der Waals surface area contributed by atoms with E-state index in [1.54, 1.807) is 0 Å². The van der Waals surface area contributed by atoms with Crippen LogP contribution in [-0.4, -0.2) is 58.7 Å². The molecule has 1 aromatic carbocycles. The number of rotatable bonds is 5. The van der Waals surface area contributed by atoms with Crippen LogP contribution in [0.25, 0.3) is 0 Å².